The number of hydrogen-bond donors (Lipinski definition) is 0. The van der Waals surface area contributed by atoms with Gasteiger partial charge in [-0.1, -0.05) is 13.0 Å². The van der Waals surface area contributed by atoms with Crippen LogP contribution in [0.3, 0.4) is 0 Å². The lowest BCUT2D eigenvalue weighted by Gasteiger charge is -2.19. The highest BCUT2D eigenvalue weighted by Gasteiger charge is 2.25. The third-order valence-electron chi connectivity index (χ3n) is 2.15. The molecule has 88 valence electrons. The topological polar surface area (TPSA) is 20.3 Å². The van der Waals surface area contributed by atoms with Gasteiger partial charge in [-0.25, -0.2) is 8.78 Å². The van der Waals surface area contributed by atoms with Crippen molar-refractivity contribution in [2.24, 2.45) is 0 Å². The van der Waals surface area contributed by atoms with Gasteiger partial charge >= 0.3 is 0 Å². The molecule has 0 aromatic heterocycles. The number of likely N-dealkylation sites (N-methyl/N-ethyl adjacent to an activating group) is 1. The maximum atomic E-state index is 12.9. The van der Waals surface area contributed by atoms with Gasteiger partial charge in [0, 0.05) is 25.9 Å². The molecular weight excluding hydrogens is 200 g/mol. The van der Waals surface area contributed by atoms with Crippen LogP contribution in [0.2, 0.25) is 0 Å². The van der Waals surface area contributed by atoms with Gasteiger partial charge in [0.2, 0.25) is 5.92 Å². The van der Waals surface area contributed by atoms with E-state index < -0.39 is 5.92 Å². The Labute approximate surface area is 90.0 Å². The van der Waals surface area contributed by atoms with Gasteiger partial charge < -0.3 is 4.90 Å². The average Bonchev–Trinajstić information content (AvgIpc) is 2.14. The molecule has 0 aromatic rings. The average molecular weight is 219 g/mol. The van der Waals surface area contributed by atoms with Gasteiger partial charge in [0.15, 0.2) is 5.78 Å². The van der Waals surface area contributed by atoms with Crippen LogP contribution in [0.15, 0.2) is 12.2 Å². The molecule has 0 radical (unpaired) electrons. The van der Waals surface area contributed by atoms with E-state index in [0.29, 0.717) is 13.1 Å². The van der Waals surface area contributed by atoms with E-state index in [1.807, 2.05) is 0 Å². The Bertz CT molecular complexity index is 227. The zero-order valence-electron chi connectivity index (χ0n) is 9.59. The minimum absolute atomic E-state index is 0.0257. The van der Waals surface area contributed by atoms with Crippen LogP contribution in [0.4, 0.5) is 8.78 Å². The van der Waals surface area contributed by atoms with E-state index in [-0.39, 0.29) is 18.6 Å². The number of nitrogens with zero attached hydrogens (tertiary/aromatic N) is 1. The minimum Gasteiger partial charge on any atom is -0.302 e. The van der Waals surface area contributed by atoms with Crippen LogP contribution in [0.5, 0.6) is 0 Å². The van der Waals surface area contributed by atoms with Gasteiger partial charge in [-0.3, -0.25) is 4.79 Å². The smallest absolute Gasteiger partial charge is 0.249 e. The molecule has 0 N–H and O–H groups in total. The molecule has 15 heavy (non-hydrogen) atoms. The van der Waals surface area contributed by atoms with Gasteiger partial charge in [-0.05, 0) is 20.0 Å². The molecule has 0 saturated carbocycles. The number of alkyl halides is 2. The quantitative estimate of drug-likeness (QED) is 0.613. The summed E-state index contributed by atoms with van der Waals surface area (Å²) in [5.41, 5.74) is 0. The molecule has 0 bridgehead atoms. The summed E-state index contributed by atoms with van der Waals surface area (Å²) in [5, 5.41) is 0. The predicted octanol–water partition coefficient (Wildman–Crippen LogP) is 2.50. The standard InChI is InChI=1S/C11H19F2NO/c1-4-11(12,13)7-9-14(3)8-5-6-10(2)15/h5-6H,4,7-9H2,1-3H3/b6-5+. The Hall–Kier alpha value is -0.770. The molecule has 0 amide bonds. The lowest BCUT2D eigenvalue weighted by atomic mass is 10.2. The number of halogens is 2. The second-order valence-corrected chi connectivity index (χ2v) is 3.73. The molecule has 0 heterocycles. The van der Waals surface area contributed by atoms with Crippen molar-refractivity contribution in [3.8, 4) is 0 Å². The van der Waals surface area contributed by atoms with Gasteiger partial charge in [-0.15, -0.1) is 0 Å². The number of ketones is 1. The third kappa shape index (κ3) is 8.24. The van der Waals surface area contributed by atoms with Gasteiger partial charge in [-0.2, -0.15) is 0 Å². The van der Waals surface area contributed by atoms with Crippen LogP contribution >= 0.6 is 0 Å². The lowest BCUT2D eigenvalue weighted by Crippen LogP contribution is -2.26. The highest BCUT2D eigenvalue weighted by atomic mass is 19.3. The van der Waals surface area contributed by atoms with Crippen molar-refractivity contribution < 1.29 is 13.6 Å². The first-order valence-electron chi connectivity index (χ1n) is 5.11. The molecular formula is C11H19F2NO. The summed E-state index contributed by atoms with van der Waals surface area (Å²) in [7, 11) is 1.76. The Morgan fingerprint density at radius 3 is 2.53 bits per heavy atom. The second kappa shape index (κ2) is 6.67. The normalized spacial score (nSPS) is 12.7. The lowest BCUT2D eigenvalue weighted by molar-refractivity contribution is -0.112. The van der Waals surface area contributed by atoms with E-state index >= 15 is 0 Å². The van der Waals surface area contributed by atoms with Crippen LogP contribution in [0, 0.1) is 0 Å². The number of allylic oxidation sites excluding steroid dienone is 1. The van der Waals surface area contributed by atoms with Gasteiger partial charge in [0.05, 0.1) is 0 Å². The third-order valence-corrected chi connectivity index (χ3v) is 2.15. The van der Waals surface area contributed by atoms with Crippen molar-refractivity contribution in [2.75, 3.05) is 20.1 Å². The summed E-state index contributed by atoms with van der Waals surface area (Å²) in [6, 6.07) is 0. The number of carbonyl (C=O) groups excluding carboxylic acids is 1. The van der Waals surface area contributed by atoms with E-state index in [2.05, 4.69) is 0 Å². The molecule has 0 aliphatic heterocycles. The van der Waals surface area contributed by atoms with E-state index in [0.717, 1.165) is 0 Å². The summed E-state index contributed by atoms with van der Waals surface area (Å²) in [4.78, 5) is 12.3. The molecule has 4 heteroatoms. The summed E-state index contributed by atoms with van der Waals surface area (Å²) < 4.78 is 25.7. The molecule has 0 unspecified atom stereocenters. The van der Waals surface area contributed by atoms with Crippen molar-refractivity contribution >= 4 is 5.78 Å². The monoisotopic (exact) mass is 219 g/mol. The van der Waals surface area contributed by atoms with Crippen LogP contribution < -0.4 is 0 Å². The first kappa shape index (κ1) is 14.2. The van der Waals surface area contributed by atoms with Gasteiger partial charge in [0.25, 0.3) is 0 Å². The fraction of sp³-hybridized carbons (Fsp3) is 0.727. The number of carbonyl (C=O) groups is 1. The first-order valence-corrected chi connectivity index (χ1v) is 5.11. The molecule has 0 aliphatic carbocycles. The summed E-state index contributed by atoms with van der Waals surface area (Å²) in [5.74, 6) is -2.60. The summed E-state index contributed by atoms with van der Waals surface area (Å²) in [6.45, 7) is 3.81. The minimum atomic E-state index is -2.57. The summed E-state index contributed by atoms with van der Waals surface area (Å²) >= 11 is 0. The molecule has 0 fully saturated rings. The van der Waals surface area contributed by atoms with E-state index in [9.17, 15) is 13.6 Å². The Morgan fingerprint density at radius 2 is 2.07 bits per heavy atom. The highest BCUT2D eigenvalue weighted by molar-refractivity contribution is 5.87. The zero-order valence-corrected chi connectivity index (χ0v) is 9.59. The van der Waals surface area contributed by atoms with Crippen molar-refractivity contribution in [1.82, 2.24) is 4.90 Å². The molecule has 0 atom stereocenters. The Kier molecular flexibility index (Phi) is 6.32. The zero-order chi connectivity index (χ0) is 11.9. The molecule has 0 rings (SSSR count). The fourth-order valence-electron chi connectivity index (χ4n) is 1.02. The van der Waals surface area contributed by atoms with E-state index in [4.69, 9.17) is 0 Å². The number of rotatable bonds is 7. The van der Waals surface area contributed by atoms with Crippen molar-refractivity contribution in [2.45, 2.75) is 32.6 Å². The maximum Gasteiger partial charge on any atom is 0.249 e. The number of hydrogen-bond acceptors (Lipinski definition) is 2. The van der Waals surface area contributed by atoms with Gasteiger partial charge in [0.1, 0.15) is 0 Å². The molecule has 2 nitrogen and oxygen atoms in total. The molecule has 0 saturated heterocycles. The molecule has 0 aromatic carbocycles. The maximum absolute atomic E-state index is 12.9. The Balaban J connectivity index is 3.75. The predicted molar refractivity (Wildman–Crippen MR) is 57.2 cm³/mol. The van der Waals surface area contributed by atoms with Crippen LogP contribution in [0.25, 0.3) is 0 Å². The second-order valence-electron chi connectivity index (χ2n) is 3.73. The van der Waals surface area contributed by atoms with E-state index in [1.54, 1.807) is 18.0 Å². The Morgan fingerprint density at radius 1 is 1.47 bits per heavy atom. The van der Waals surface area contributed by atoms with E-state index in [1.165, 1.54) is 19.9 Å². The largest absolute Gasteiger partial charge is 0.302 e. The SMILES string of the molecule is CCC(F)(F)CCN(C)C/C=C/C(C)=O. The summed E-state index contributed by atoms with van der Waals surface area (Å²) in [6.07, 6.45) is 2.89. The van der Waals surface area contributed by atoms with Crippen molar-refractivity contribution in [1.29, 1.82) is 0 Å². The van der Waals surface area contributed by atoms with Crippen LogP contribution in [-0.4, -0.2) is 36.7 Å². The fourth-order valence-corrected chi connectivity index (χ4v) is 1.02. The first-order chi connectivity index (χ1) is 6.87. The molecule has 0 spiro atoms. The van der Waals surface area contributed by atoms with Crippen molar-refractivity contribution in [3.63, 3.8) is 0 Å². The van der Waals surface area contributed by atoms with Crippen LogP contribution in [-0.2, 0) is 4.79 Å². The molecule has 0 aliphatic rings. The van der Waals surface area contributed by atoms with Crippen molar-refractivity contribution in [3.05, 3.63) is 12.2 Å². The van der Waals surface area contributed by atoms with Crippen LogP contribution in [0.1, 0.15) is 26.7 Å². The highest BCUT2D eigenvalue weighted by Crippen LogP contribution is 2.21.